The van der Waals surface area contributed by atoms with Crippen molar-refractivity contribution in [3.05, 3.63) is 53.9 Å². The number of nitrogens with zero attached hydrogens (tertiary/aromatic N) is 2. The molecule has 2 aromatic carbocycles. The quantitative estimate of drug-likeness (QED) is 0.721. The van der Waals surface area contributed by atoms with Crippen LogP contribution in [0, 0.1) is 0 Å². The Hall–Kier alpha value is -3.06. The van der Waals surface area contributed by atoms with Gasteiger partial charge >= 0.3 is 0 Å². The summed E-state index contributed by atoms with van der Waals surface area (Å²) in [5.74, 6) is 1.89. The lowest BCUT2D eigenvalue weighted by Gasteiger charge is -2.24. The molecule has 2 heterocycles. The lowest BCUT2D eigenvalue weighted by molar-refractivity contribution is -0.125. The van der Waals surface area contributed by atoms with Crippen LogP contribution in [0.25, 0.3) is 11.1 Å². The van der Waals surface area contributed by atoms with Crippen LogP contribution < -0.4 is 14.8 Å². The van der Waals surface area contributed by atoms with Gasteiger partial charge in [-0.1, -0.05) is 18.2 Å². The molecule has 4 rings (SSSR count). The summed E-state index contributed by atoms with van der Waals surface area (Å²) in [5, 5.41) is 2.97. The third-order valence-corrected chi connectivity index (χ3v) is 4.45. The molecule has 1 N–H and O–H groups in total. The van der Waals surface area contributed by atoms with Gasteiger partial charge in [0.25, 0.3) is 0 Å². The molecule has 1 atom stereocenters. The van der Waals surface area contributed by atoms with Crippen LogP contribution in [-0.2, 0) is 11.2 Å². The van der Waals surface area contributed by atoms with Crippen molar-refractivity contribution < 1.29 is 18.7 Å². The first kappa shape index (κ1) is 17.4. The number of likely N-dealkylation sites (N-methyl/N-ethyl adjacent to an activating group) is 1. The molecule has 0 saturated heterocycles. The predicted octanol–water partition coefficient (Wildman–Crippen LogP) is 2.52. The summed E-state index contributed by atoms with van der Waals surface area (Å²) in [7, 11) is 3.74. The highest BCUT2D eigenvalue weighted by Gasteiger charge is 2.25. The summed E-state index contributed by atoms with van der Waals surface area (Å²) in [6.45, 7) is 0.655. The number of carbonyl (C=O) groups excluding carboxylic acids is 1. The first-order chi connectivity index (χ1) is 13.1. The lowest BCUT2D eigenvalue weighted by atomic mass is 10.0. The molecule has 0 saturated carbocycles. The number of hydrogen-bond donors (Lipinski definition) is 1. The maximum absolute atomic E-state index is 12.8. The van der Waals surface area contributed by atoms with Gasteiger partial charge in [-0.05, 0) is 43.9 Å². The van der Waals surface area contributed by atoms with E-state index in [1.165, 1.54) is 0 Å². The van der Waals surface area contributed by atoms with E-state index in [0.717, 1.165) is 16.7 Å². The molecule has 1 amide bonds. The second kappa shape index (κ2) is 7.28. The van der Waals surface area contributed by atoms with Crippen LogP contribution in [0.1, 0.15) is 17.5 Å². The van der Waals surface area contributed by atoms with Crippen molar-refractivity contribution in [1.29, 1.82) is 0 Å². The number of carbonyl (C=O) groups is 1. The molecule has 0 fully saturated rings. The maximum Gasteiger partial charge on any atom is 0.241 e. The van der Waals surface area contributed by atoms with Gasteiger partial charge in [0.05, 0.1) is 0 Å². The van der Waals surface area contributed by atoms with Crippen LogP contribution in [-0.4, -0.2) is 43.2 Å². The highest BCUT2D eigenvalue weighted by Crippen LogP contribution is 2.35. The van der Waals surface area contributed by atoms with E-state index in [-0.39, 0.29) is 12.7 Å². The highest BCUT2D eigenvalue weighted by atomic mass is 16.7. The molecular weight excluding hydrogens is 346 g/mol. The Bertz CT molecular complexity index is 934. The summed E-state index contributed by atoms with van der Waals surface area (Å²) in [5.41, 5.74) is 2.43. The van der Waals surface area contributed by atoms with Gasteiger partial charge in [-0.3, -0.25) is 9.69 Å². The maximum atomic E-state index is 12.8. The fourth-order valence-corrected chi connectivity index (χ4v) is 3.18. The van der Waals surface area contributed by atoms with E-state index < -0.39 is 6.04 Å². The average Bonchev–Trinajstić information content (AvgIpc) is 3.27. The Labute approximate surface area is 156 Å². The van der Waals surface area contributed by atoms with Gasteiger partial charge in [-0.15, -0.1) is 0 Å². The number of para-hydroxylation sites is 2. The SMILES string of the molecule is CN(C)C(C(=O)NCCc1nc2ccccc2o1)c1ccc2c(c1)OCO2. The Morgan fingerprint density at radius 1 is 1.19 bits per heavy atom. The molecule has 27 heavy (non-hydrogen) atoms. The number of rotatable bonds is 6. The second-order valence-electron chi connectivity index (χ2n) is 6.60. The zero-order valence-corrected chi connectivity index (χ0v) is 15.3. The van der Waals surface area contributed by atoms with E-state index in [1.807, 2.05) is 61.5 Å². The zero-order valence-electron chi connectivity index (χ0n) is 15.3. The van der Waals surface area contributed by atoms with E-state index in [4.69, 9.17) is 13.9 Å². The molecule has 7 nitrogen and oxygen atoms in total. The van der Waals surface area contributed by atoms with Crippen LogP contribution in [0.5, 0.6) is 11.5 Å². The zero-order chi connectivity index (χ0) is 18.8. The molecule has 7 heteroatoms. The van der Waals surface area contributed by atoms with E-state index in [9.17, 15) is 4.79 Å². The molecule has 0 aliphatic carbocycles. The van der Waals surface area contributed by atoms with Crippen LogP contribution in [0.4, 0.5) is 0 Å². The fourth-order valence-electron chi connectivity index (χ4n) is 3.18. The summed E-state index contributed by atoms with van der Waals surface area (Å²) < 4.78 is 16.5. The number of hydrogen-bond acceptors (Lipinski definition) is 6. The number of nitrogens with one attached hydrogen (secondary N) is 1. The molecule has 140 valence electrons. The number of aromatic nitrogens is 1. The molecule has 1 aliphatic rings. The van der Waals surface area contributed by atoms with Crippen molar-refractivity contribution in [3.63, 3.8) is 0 Å². The van der Waals surface area contributed by atoms with Gasteiger partial charge in [0.15, 0.2) is 23.0 Å². The molecular formula is C20H21N3O4. The number of benzene rings is 2. The van der Waals surface area contributed by atoms with Crippen LogP contribution in [0.15, 0.2) is 46.9 Å². The highest BCUT2D eigenvalue weighted by molar-refractivity contribution is 5.83. The summed E-state index contributed by atoms with van der Waals surface area (Å²) >= 11 is 0. The van der Waals surface area contributed by atoms with Gasteiger partial charge in [-0.25, -0.2) is 4.98 Å². The van der Waals surface area contributed by atoms with Crippen molar-refractivity contribution >= 4 is 17.0 Å². The summed E-state index contributed by atoms with van der Waals surface area (Å²) in [6.07, 6.45) is 0.529. The molecule has 1 unspecified atom stereocenters. The Balaban J connectivity index is 1.41. The smallest absolute Gasteiger partial charge is 0.241 e. The summed E-state index contributed by atoms with van der Waals surface area (Å²) in [4.78, 5) is 19.1. The Kier molecular flexibility index (Phi) is 4.68. The van der Waals surface area contributed by atoms with Crippen molar-refractivity contribution in [2.24, 2.45) is 0 Å². The third kappa shape index (κ3) is 3.59. The molecule has 0 radical (unpaired) electrons. The van der Waals surface area contributed by atoms with Crippen molar-refractivity contribution in [2.45, 2.75) is 12.5 Å². The molecule has 0 spiro atoms. The van der Waals surface area contributed by atoms with Crippen molar-refractivity contribution in [1.82, 2.24) is 15.2 Å². The normalized spacial score (nSPS) is 13.9. The molecule has 0 bridgehead atoms. The first-order valence-electron chi connectivity index (χ1n) is 8.80. The number of fused-ring (bicyclic) bond motifs is 2. The standard InChI is InChI=1S/C20H21N3O4/c1-23(2)19(13-7-8-16-17(11-13)26-12-25-16)20(24)21-10-9-18-22-14-5-3-4-6-15(14)27-18/h3-8,11,19H,9-10,12H2,1-2H3,(H,21,24). The van der Waals surface area contributed by atoms with E-state index >= 15 is 0 Å². The largest absolute Gasteiger partial charge is 0.454 e. The topological polar surface area (TPSA) is 76.8 Å². The number of ether oxygens (including phenoxy) is 2. The monoisotopic (exact) mass is 367 g/mol. The molecule has 3 aromatic rings. The average molecular weight is 367 g/mol. The van der Waals surface area contributed by atoms with Crippen molar-refractivity contribution in [3.8, 4) is 11.5 Å². The van der Waals surface area contributed by atoms with Crippen LogP contribution in [0.2, 0.25) is 0 Å². The van der Waals surface area contributed by atoms with Gasteiger partial charge < -0.3 is 19.2 Å². The van der Waals surface area contributed by atoms with Crippen molar-refractivity contribution in [2.75, 3.05) is 27.4 Å². The van der Waals surface area contributed by atoms with Gasteiger partial charge in [0, 0.05) is 13.0 Å². The molecule has 1 aromatic heterocycles. The van der Waals surface area contributed by atoms with Gasteiger partial charge in [-0.2, -0.15) is 0 Å². The van der Waals surface area contributed by atoms with Gasteiger partial charge in [0.2, 0.25) is 12.7 Å². The van der Waals surface area contributed by atoms with Crippen LogP contribution >= 0.6 is 0 Å². The predicted molar refractivity (Wildman–Crippen MR) is 99.7 cm³/mol. The first-order valence-corrected chi connectivity index (χ1v) is 8.80. The van der Waals surface area contributed by atoms with Crippen LogP contribution in [0.3, 0.4) is 0 Å². The van der Waals surface area contributed by atoms with E-state index in [1.54, 1.807) is 0 Å². The Morgan fingerprint density at radius 3 is 2.81 bits per heavy atom. The van der Waals surface area contributed by atoms with Gasteiger partial charge in [0.1, 0.15) is 11.6 Å². The second-order valence-corrected chi connectivity index (χ2v) is 6.60. The minimum absolute atomic E-state index is 0.0880. The van der Waals surface area contributed by atoms with E-state index in [0.29, 0.717) is 30.4 Å². The summed E-state index contributed by atoms with van der Waals surface area (Å²) in [6, 6.07) is 12.8. The third-order valence-electron chi connectivity index (χ3n) is 4.45. The Morgan fingerprint density at radius 2 is 2.00 bits per heavy atom. The number of oxazole rings is 1. The minimum Gasteiger partial charge on any atom is -0.454 e. The molecule has 1 aliphatic heterocycles. The van der Waals surface area contributed by atoms with E-state index in [2.05, 4.69) is 10.3 Å². The number of amides is 1. The minimum atomic E-state index is -0.428. The fraction of sp³-hybridized carbons (Fsp3) is 0.300. The lowest BCUT2D eigenvalue weighted by Crippen LogP contribution is -2.37.